The standard InChI is InChI=1S/C84H105N19O24S2/c1-41(2)69(82(125)102-65(40-129)81(124)99-62(83(126)127)32-47-37-90-54-17-10-8-15-51(47)54)103-78(121)61(35-68(111)112)97-74(117)56(29-43-12-5-4-6-13-43)93-73(116)57(30-45-21-25-49(106)26-22-45)94-75(118)58(31-46-36-89-53-16-9-7-14-50(46)53)95-76(119)59(33-66(107)108)98-79(122)63(38-104)100-77(120)60(34-67(109)110)96-72(115)55(18-11-27-88-84(86)87)92-70(113)42(3)91-80(123)64(39-128)101-71(114)52(85)28-44-19-23-48(105)24-20-44/h4-10,12-17,19-26,36-37,41-42,52,55-65,69,89-90,104-106,128-129H,11,18,27-35,38-40,85H2,1-3H3,(H,91,123)(H,92,113)(H,93,116)(H,94,118)(H,95,119)(H,96,115)(H,97,117)(H,98,122)(H,99,124)(H,100,120)(H,101,114)(H,102,125)(H,103,121)(H,107,108)(H,109,110)(H,111,112)(H,126,127)(H4,86,87,88)/t42-,52-,55-,56-,57-,58-,59-,60-,61-,62-,63-,64-,65-,69-/m0/s1. The van der Waals surface area contributed by atoms with Gasteiger partial charge in [0.1, 0.15) is 90.0 Å². The van der Waals surface area contributed by atoms with Crippen LogP contribution in [0, 0.1) is 11.3 Å². The van der Waals surface area contributed by atoms with Gasteiger partial charge in [-0.1, -0.05) is 105 Å². The number of carboxylic acids is 4. The molecule has 0 radical (unpaired) electrons. The van der Waals surface area contributed by atoms with Gasteiger partial charge in [0.25, 0.3) is 0 Å². The van der Waals surface area contributed by atoms with Crippen LogP contribution >= 0.6 is 25.3 Å². The van der Waals surface area contributed by atoms with Gasteiger partial charge in [-0.15, -0.1) is 0 Å². The Balaban J connectivity index is 1.09. The average Bonchev–Trinajstić information content (AvgIpc) is 1.68. The zero-order chi connectivity index (χ0) is 94.9. The quantitative estimate of drug-likeness (QED) is 0.00761. The monoisotopic (exact) mass is 1830 g/mol. The Morgan fingerprint density at radius 1 is 0.380 bits per heavy atom. The van der Waals surface area contributed by atoms with Gasteiger partial charge in [-0.3, -0.25) is 82.1 Å². The number of phenolic OH excluding ortho intramolecular Hbond substituents is 2. The number of para-hydroxylation sites is 2. The number of fused-ring (bicyclic) bond motifs is 2. The van der Waals surface area contributed by atoms with Crippen molar-refractivity contribution in [2.45, 2.75) is 170 Å². The SMILES string of the molecule is CC(C)[C@H](NC(=O)[C@H](CC(=O)O)NC(=O)[C@H](Cc1ccccc1)NC(=O)[C@H](Cc1ccc(O)cc1)NC(=O)[C@H](Cc1c[nH]c2ccccc12)NC(=O)[C@H](CC(=O)O)NC(=O)[C@H](CO)NC(=O)[C@H](CC(=O)O)NC(=O)[C@H](CCCNC(=N)N)NC(=O)[C@H](C)NC(=O)[C@H](CS)NC(=O)[C@@H](N)Cc1ccc(O)cc1)C(=O)N[C@@H](CS)C(=O)N[C@@H](Cc1c[nH]c2ccccc12)C(=O)O. The molecule has 0 spiro atoms. The minimum atomic E-state index is -2.24. The predicted molar refractivity (Wildman–Crippen MR) is 470 cm³/mol. The highest BCUT2D eigenvalue weighted by molar-refractivity contribution is 7.80. The summed E-state index contributed by atoms with van der Waals surface area (Å²) in [6, 6.07) is 8.03. The lowest BCUT2D eigenvalue weighted by molar-refractivity contribution is -0.143. The van der Waals surface area contributed by atoms with Gasteiger partial charge in [0, 0.05) is 77.9 Å². The largest absolute Gasteiger partial charge is 0.508 e. The summed E-state index contributed by atoms with van der Waals surface area (Å²) < 4.78 is 0. The first kappa shape index (κ1) is 102. The van der Waals surface area contributed by atoms with Gasteiger partial charge >= 0.3 is 23.9 Å². The number of aliphatic hydroxyl groups is 1. The van der Waals surface area contributed by atoms with Crippen molar-refractivity contribution in [3.63, 3.8) is 0 Å². The van der Waals surface area contributed by atoms with Gasteiger partial charge in [0.05, 0.1) is 31.9 Å². The number of guanidine groups is 1. The highest BCUT2D eigenvalue weighted by Crippen LogP contribution is 2.23. The molecule has 13 amide bonds. The second-order valence-electron chi connectivity index (χ2n) is 30.5. The molecule has 0 saturated heterocycles. The maximum Gasteiger partial charge on any atom is 0.326 e. The number of aromatic nitrogens is 2. The smallest absolute Gasteiger partial charge is 0.326 e. The number of H-pyrrole nitrogens is 2. The summed E-state index contributed by atoms with van der Waals surface area (Å²) in [5.74, 6) is -24.1. The van der Waals surface area contributed by atoms with E-state index in [9.17, 15) is 108 Å². The van der Waals surface area contributed by atoms with Crippen molar-refractivity contribution in [3.8, 4) is 11.5 Å². The number of benzene rings is 5. The van der Waals surface area contributed by atoms with Crippen LogP contribution in [-0.2, 0) is 114 Å². The lowest BCUT2D eigenvalue weighted by Gasteiger charge is -2.29. The molecule has 0 aliphatic rings. The van der Waals surface area contributed by atoms with Crippen LogP contribution in [-0.4, -0.2) is 262 Å². The lowest BCUT2D eigenvalue weighted by atomic mass is 10.00. The van der Waals surface area contributed by atoms with Crippen molar-refractivity contribution >= 4 is 154 Å². The molecule has 692 valence electrons. The van der Waals surface area contributed by atoms with Crippen molar-refractivity contribution in [1.29, 1.82) is 5.41 Å². The molecule has 7 aromatic rings. The van der Waals surface area contributed by atoms with E-state index < -0.39 is 242 Å². The molecule has 43 nitrogen and oxygen atoms in total. The number of phenols is 2. The van der Waals surface area contributed by atoms with E-state index in [2.05, 4.69) is 104 Å². The van der Waals surface area contributed by atoms with Crippen molar-refractivity contribution < 1.29 is 117 Å². The molecular weight excluding hydrogens is 1720 g/mol. The molecule has 0 aliphatic carbocycles. The van der Waals surface area contributed by atoms with Crippen LogP contribution < -0.4 is 85.9 Å². The van der Waals surface area contributed by atoms with E-state index in [-0.39, 0.29) is 60.8 Å². The fourth-order valence-corrected chi connectivity index (χ4v) is 13.8. The zero-order valence-corrected chi connectivity index (χ0v) is 71.7. The molecule has 0 aliphatic heterocycles. The van der Waals surface area contributed by atoms with Gasteiger partial charge in [-0.05, 0) is 96.3 Å². The molecule has 5 aromatic carbocycles. The predicted octanol–water partition coefficient (Wildman–Crippen LogP) is -3.50. The summed E-state index contributed by atoms with van der Waals surface area (Å²) in [4.78, 5) is 241. The van der Waals surface area contributed by atoms with E-state index in [4.69, 9.17) is 16.9 Å². The Hall–Kier alpha value is -14.3. The molecule has 28 N–H and O–H groups in total. The van der Waals surface area contributed by atoms with Gasteiger partial charge in [-0.25, -0.2) is 4.79 Å². The number of amides is 13. The number of aromatic hydroxyl groups is 2. The van der Waals surface area contributed by atoms with Crippen LogP contribution in [0.1, 0.15) is 80.7 Å². The first-order chi connectivity index (χ1) is 61.2. The van der Waals surface area contributed by atoms with Gasteiger partial charge < -0.3 is 132 Å². The van der Waals surface area contributed by atoms with Crippen molar-refractivity contribution in [2.24, 2.45) is 17.4 Å². The number of carbonyl (C=O) groups excluding carboxylic acids is 13. The minimum absolute atomic E-state index is 0.00404. The topological polar surface area (TPSA) is 708 Å². The number of nitrogens with two attached hydrogens (primary N) is 2. The van der Waals surface area contributed by atoms with E-state index in [1.165, 1.54) is 75.5 Å². The Bertz CT molecular complexity index is 5180. The third-order valence-electron chi connectivity index (χ3n) is 20.2. The molecule has 0 bridgehead atoms. The molecule has 0 fully saturated rings. The van der Waals surface area contributed by atoms with Crippen molar-refractivity contribution in [3.05, 3.63) is 168 Å². The highest BCUT2D eigenvalue weighted by Gasteiger charge is 2.40. The first-order valence-corrected chi connectivity index (χ1v) is 41.7. The molecule has 14 atom stereocenters. The van der Waals surface area contributed by atoms with E-state index in [0.717, 1.165) is 0 Å². The number of aliphatic hydroxyl groups excluding tert-OH is 1. The number of carbonyl (C=O) groups is 17. The van der Waals surface area contributed by atoms with Crippen LogP contribution in [0.15, 0.2) is 140 Å². The third kappa shape index (κ3) is 31.9. The number of hydrogen-bond acceptors (Lipinski definition) is 24. The summed E-state index contributed by atoms with van der Waals surface area (Å²) >= 11 is 8.38. The molecule has 129 heavy (non-hydrogen) atoms. The Labute approximate surface area is 747 Å². The van der Waals surface area contributed by atoms with Gasteiger partial charge in [0.2, 0.25) is 76.8 Å². The molecule has 0 unspecified atom stereocenters. The second kappa shape index (κ2) is 49.5. The summed E-state index contributed by atoms with van der Waals surface area (Å²) in [6.07, 6.45) is -2.61. The molecule has 0 saturated carbocycles. The third-order valence-corrected chi connectivity index (χ3v) is 20.9. The molecular formula is C84H105N19O24S2. The molecule has 45 heteroatoms. The normalized spacial score (nSPS) is 14.4. The number of aliphatic carboxylic acids is 4. The van der Waals surface area contributed by atoms with Gasteiger partial charge in [0.15, 0.2) is 5.96 Å². The van der Waals surface area contributed by atoms with E-state index in [0.29, 0.717) is 44.1 Å². The summed E-state index contributed by atoms with van der Waals surface area (Å²) in [5, 5.41) is 113. The second-order valence-corrected chi connectivity index (χ2v) is 31.2. The summed E-state index contributed by atoms with van der Waals surface area (Å²) in [7, 11) is 0. The average molecular weight is 1830 g/mol. The Kier molecular flexibility index (Phi) is 39.1. The van der Waals surface area contributed by atoms with Crippen molar-refractivity contribution in [2.75, 3.05) is 24.7 Å². The zero-order valence-electron chi connectivity index (χ0n) is 70.0. The Morgan fingerprint density at radius 3 is 1.16 bits per heavy atom. The maximum atomic E-state index is 15.3. The highest BCUT2D eigenvalue weighted by atomic mass is 32.1. The molecule has 2 heterocycles. The summed E-state index contributed by atoms with van der Waals surface area (Å²) in [5.41, 5.74) is 14.8. The number of hydrogen-bond donors (Lipinski definition) is 28. The first-order valence-electron chi connectivity index (χ1n) is 40.4. The van der Waals surface area contributed by atoms with Crippen molar-refractivity contribution in [1.82, 2.24) is 84.4 Å². The number of carboxylic acid groups (broad SMARTS) is 4. The lowest BCUT2D eigenvalue weighted by Crippen LogP contribution is -2.62. The van der Waals surface area contributed by atoms with E-state index in [1.54, 1.807) is 85.1 Å². The maximum absolute atomic E-state index is 15.3. The number of nitrogens with one attached hydrogen (secondary N) is 17. The molecule has 7 rings (SSSR count). The fourth-order valence-electron chi connectivity index (χ4n) is 13.3. The van der Waals surface area contributed by atoms with Crippen LogP contribution in [0.4, 0.5) is 0 Å². The summed E-state index contributed by atoms with van der Waals surface area (Å²) in [6.45, 7) is 2.70. The molecule has 2 aromatic heterocycles. The fraction of sp³-hybridized carbons (Fsp3) is 0.381. The number of aromatic amines is 2. The van der Waals surface area contributed by atoms with Crippen LogP contribution in [0.3, 0.4) is 0 Å². The van der Waals surface area contributed by atoms with E-state index >= 15 is 9.59 Å². The number of thiol groups is 2. The van der Waals surface area contributed by atoms with Crippen LogP contribution in [0.25, 0.3) is 21.8 Å². The minimum Gasteiger partial charge on any atom is -0.508 e. The van der Waals surface area contributed by atoms with Gasteiger partial charge in [-0.2, -0.15) is 25.3 Å². The van der Waals surface area contributed by atoms with Crippen LogP contribution in [0.2, 0.25) is 0 Å². The Morgan fingerprint density at radius 2 is 0.721 bits per heavy atom. The van der Waals surface area contributed by atoms with E-state index in [1.807, 2.05) is 5.32 Å². The van der Waals surface area contributed by atoms with Crippen LogP contribution in [0.5, 0.6) is 11.5 Å². The number of rotatable bonds is 51.